The monoisotopic (exact) mass is 416 g/mol. The molecule has 1 heterocycles. The predicted octanol–water partition coefficient (Wildman–Crippen LogP) is 5.85. The van der Waals surface area contributed by atoms with Crippen LogP contribution in [0.15, 0.2) is 42.1 Å². The third kappa shape index (κ3) is 2.85. The van der Waals surface area contributed by atoms with Crippen molar-refractivity contribution in [2.24, 2.45) is 0 Å². The van der Waals surface area contributed by atoms with Crippen LogP contribution in [0.1, 0.15) is 22.4 Å². The maximum Gasteiger partial charge on any atom is 0.417 e. The second-order valence-electron chi connectivity index (χ2n) is 6.30. The van der Waals surface area contributed by atoms with Gasteiger partial charge < -0.3 is 0 Å². The molecule has 1 aromatic heterocycles. The zero-order valence-electron chi connectivity index (χ0n) is 14.5. The molecule has 2 aromatic carbocycles. The van der Waals surface area contributed by atoms with Gasteiger partial charge in [-0.15, -0.1) is 0 Å². The van der Waals surface area contributed by atoms with E-state index in [9.17, 15) is 31.6 Å². The Bertz CT molecular complexity index is 1320. The number of aromatic nitrogens is 2. The minimum Gasteiger partial charge on any atom is -0.245 e. The average molecular weight is 416 g/mol. The highest BCUT2D eigenvalue weighted by molar-refractivity contribution is 6.02. The molecule has 0 saturated carbocycles. The van der Waals surface area contributed by atoms with Crippen LogP contribution in [0.25, 0.3) is 32.7 Å². The average Bonchev–Trinajstić information content (AvgIpc) is 2.99. The molecule has 4 nitrogen and oxygen atoms in total. The van der Waals surface area contributed by atoms with Crippen LogP contribution < -0.4 is 0 Å². The topological polar surface area (TPSA) is 53.9 Å². The van der Waals surface area contributed by atoms with E-state index in [1.807, 2.05) is 0 Å². The van der Waals surface area contributed by atoms with Gasteiger partial charge in [0.1, 0.15) is 0 Å². The van der Waals surface area contributed by atoms with Crippen LogP contribution in [0.4, 0.5) is 26.3 Å². The highest BCUT2D eigenvalue weighted by Gasteiger charge is 2.44. The van der Waals surface area contributed by atoms with E-state index >= 15 is 0 Å². The number of benzene rings is 2. The highest BCUT2D eigenvalue weighted by Crippen LogP contribution is 2.46. The van der Waals surface area contributed by atoms with Crippen LogP contribution in [0, 0.1) is 17.9 Å². The molecule has 0 radical (unpaired) electrons. The summed E-state index contributed by atoms with van der Waals surface area (Å²) in [6.07, 6.45) is -10.5. The van der Waals surface area contributed by atoms with Crippen molar-refractivity contribution in [3.63, 3.8) is 0 Å². The summed E-state index contributed by atoms with van der Waals surface area (Å²) in [7, 11) is 0. The first-order valence-corrected chi connectivity index (χ1v) is 8.18. The fourth-order valence-electron chi connectivity index (χ4n) is 3.35. The number of hydrogen-bond donors (Lipinski definition) is 0. The van der Waals surface area contributed by atoms with E-state index in [1.165, 1.54) is 0 Å². The van der Waals surface area contributed by atoms with Crippen molar-refractivity contribution in [3.8, 4) is 17.3 Å². The number of halogens is 6. The van der Waals surface area contributed by atoms with Crippen molar-refractivity contribution in [1.29, 1.82) is 5.26 Å². The van der Waals surface area contributed by atoms with Crippen LogP contribution in [0.2, 0.25) is 0 Å². The van der Waals surface area contributed by atoms with Crippen LogP contribution in [0.3, 0.4) is 0 Å². The minimum absolute atomic E-state index is 0.0240. The maximum absolute atomic E-state index is 13.3. The molecule has 10 heteroatoms. The predicted molar refractivity (Wildman–Crippen MR) is 93.2 cm³/mol. The molecule has 0 bridgehead atoms. The quantitative estimate of drug-likeness (QED) is 0.205. The van der Waals surface area contributed by atoms with E-state index in [0.717, 1.165) is 0 Å². The summed E-state index contributed by atoms with van der Waals surface area (Å²) in [6, 6.07) is 8.71. The summed E-state index contributed by atoms with van der Waals surface area (Å²) in [5.74, 6) is 0. The number of allylic oxidation sites excluding steroid dienone is 1. The van der Waals surface area contributed by atoms with E-state index in [0.29, 0.717) is 17.2 Å². The molecule has 3 aromatic rings. The third-order valence-corrected chi connectivity index (χ3v) is 4.56. The summed E-state index contributed by atoms with van der Waals surface area (Å²) in [5.41, 5.74) is -3.93. The third-order valence-electron chi connectivity index (χ3n) is 4.56. The summed E-state index contributed by atoms with van der Waals surface area (Å²) in [5, 5.41) is 9.28. The van der Waals surface area contributed by atoms with Crippen molar-refractivity contribution >= 4 is 16.6 Å². The summed E-state index contributed by atoms with van der Waals surface area (Å²) in [4.78, 5) is 11.3. The molecule has 1 aliphatic carbocycles. The van der Waals surface area contributed by atoms with Crippen molar-refractivity contribution < 1.29 is 26.3 Å². The van der Waals surface area contributed by atoms with Gasteiger partial charge in [-0.3, -0.25) is 0 Å². The van der Waals surface area contributed by atoms with Crippen LogP contribution >= 0.6 is 0 Å². The van der Waals surface area contributed by atoms with Gasteiger partial charge in [0.15, 0.2) is 0 Å². The second-order valence-corrected chi connectivity index (χ2v) is 6.30. The van der Waals surface area contributed by atoms with E-state index in [-0.39, 0.29) is 34.2 Å². The van der Waals surface area contributed by atoms with Crippen molar-refractivity contribution in [2.75, 3.05) is 0 Å². The SMILES string of the molecule is [C-]#[N+]C(C#N)=C1c2ccccc2-c2nc3cc(C(F)(F)F)c(C(F)(F)F)cc3nc21. The summed E-state index contributed by atoms with van der Waals surface area (Å²) >= 11 is 0. The molecule has 0 atom stereocenters. The Labute approximate surface area is 164 Å². The number of nitriles is 1. The Kier molecular flexibility index (Phi) is 4.07. The largest absolute Gasteiger partial charge is 0.417 e. The van der Waals surface area contributed by atoms with E-state index in [2.05, 4.69) is 14.8 Å². The Morgan fingerprint density at radius 2 is 1.37 bits per heavy atom. The molecule has 0 amide bonds. The highest BCUT2D eigenvalue weighted by atomic mass is 19.4. The lowest BCUT2D eigenvalue weighted by Gasteiger charge is -2.16. The lowest BCUT2D eigenvalue weighted by Crippen LogP contribution is -2.17. The molecule has 30 heavy (non-hydrogen) atoms. The normalized spacial score (nSPS) is 14.7. The molecule has 148 valence electrons. The molecular formula is C20H6F6N4. The first kappa shape index (κ1) is 19.4. The van der Waals surface area contributed by atoms with E-state index in [1.54, 1.807) is 30.3 Å². The fourth-order valence-corrected chi connectivity index (χ4v) is 3.35. The minimum atomic E-state index is -5.27. The Morgan fingerprint density at radius 3 is 1.83 bits per heavy atom. The molecule has 0 aliphatic heterocycles. The smallest absolute Gasteiger partial charge is 0.245 e. The number of nitrogens with zero attached hydrogens (tertiary/aromatic N) is 4. The zero-order chi connectivity index (χ0) is 21.8. The van der Waals surface area contributed by atoms with Gasteiger partial charge >= 0.3 is 12.4 Å². The number of rotatable bonds is 0. The molecule has 0 fully saturated rings. The Balaban J connectivity index is 2.13. The van der Waals surface area contributed by atoms with Gasteiger partial charge in [-0.2, -0.15) is 26.3 Å². The van der Waals surface area contributed by atoms with Crippen molar-refractivity contribution in [2.45, 2.75) is 12.4 Å². The second kappa shape index (κ2) is 6.29. The number of hydrogen-bond acceptors (Lipinski definition) is 3. The van der Waals surface area contributed by atoms with Gasteiger partial charge in [0.25, 0.3) is 5.70 Å². The van der Waals surface area contributed by atoms with Gasteiger partial charge in [0.05, 0.1) is 46.2 Å². The number of fused-ring (bicyclic) bond motifs is 4. The molecule has 0 saturated heterocycles. The lowest BCUT2D eigenvalue weighted by molar-refractivity contribution is -0.161. The molecule has 0 N–H and O–H groups in total. The standard InChI is InChI=1S/C20H6F6N4/c1-28-15(8-27)16-9-4-2-3-5-10(9)17-18(16)30-14-7-12(20(24,25)26)11(19(21,22)23)6-13(14)29-17/h2-7H. The van der Waals surface area contributed by atoms with Crippen LogP contribution in [0.5, 0.6) is 0 Å². The first-order chi connectivity index (χ1) is 14.1. The van der Waals surface area contributed by atoms with Crippen LogP contribution in [-0.2, 0) is 12.4 Å². The first-order valence-electron chi connectivity index (χ1n) is 8.18. The number of alkyl halides is 6. The summed E-state index contributed by atoms with van der Waals surface area (Å²) in [6.45, 7) is 7.21. The molecular weight excluding hydrogens is 410 g/mol. The Hall–Kier alpha value is -3.92. The maximum atomic E-state index is 13.3. The molecule has 1 aliphatic rings. The molecule has 0 unspecified atom stereocenters. The van der Waals surface area contributed by atoms with Gasteiger partial charge in [-0.05, 0) is 17.7 Å². The zero-order valence-corrected chi connectivity index (χ0v) is 14.5. The van der Waals surface area contributed by atoms with Crippen LogP contribution in [-0.4, -0.2) is 9.97 Å². The van der Waals surface area contributed by atoms with E-state index in [4.69, 9.17) is 6.57 Å². The summed E-state index contributed by atoms with van der Waals surface area (Å²) < 4.78 is 79.6. The van der Waals surface area contributed by atoms with Gasteiger partial charge in [-0.25, -0.2) is 20.1 Å². The van der Waals surface area contributed by atoms with Crippen molar-refractivity contribution in [3.05, 3.63) is 75.9 Å². The van der Waals surface area contributed by atoms with Gasteiger partial charge in [-0.1, -0.05) is 24.3 Å². The molecule has 0 spiro atoms. The van der Waals surface area contributed by atoms with E-state index < -0.39 is 29.0 Å². The van der Waals surface area contributed by atoms with Crippen molar-refractivity contribution in [1.82, 2.24) is 9.97 Å². The lowest BCUT2D eigenvalue weighted by atomic mass is 10.0. The van der Waals surface area contributed by atoms with Gasteiger partial charge in [0, 0.05) is 11.1 Å². The van der Waals surface area contributed by atoms with Gasteiger partial charge in [0.2, 0.25) is 0 Å². The fraction of sp³-hybridized carbons (Fsp3) is 0.100. The Morgan fingerprint density at radius 1 is 0.867 bits per heavy atom. The molecule has 4 rings (SSSR count).